The standard InChI is InChI=1S/C13H17F2NO3S/c1-13(8-17)4-2-3-12(13)16-20(18,19)11-6-9(14)5-10(15)7-11/h5-7,12,16-17H,2-4,8H2,1H3. The van der Waals surface area contributed by atoms with Crippen molar-refractivity contribution in [1.82, 2.24) is 4.72 Å². The Hall–Kier alpha value is -1.05. The molecule has 0 spiro atoms. The second kappa shape index (κ2) is 5.38. The lowest BCUT2D eigenvalue weighted by atomic mass is 9.86. The summed E-state index contributed by atoms with van der Waals surface area (Å²) in [5, 5.41) is 9.40. The topological polar surface area (TPSA) is 66.4 Å². The van der Waals surface area contributed by atoms with E-state index in [2.05, 4.69) is 4.72 Å². The molecule has 1 saturated carbocycles. The average Bonchev–Trinajstić information content (AvgIpc) is 2.70. The number of benzene rings is 1. The quantitative estimate of drug-likeness (QED) is 0.891. The van der Waals surface area contributed by atoms with Crippen LogP contribution >= 0.6 is 0 Å². The van der Waals surface area contributed by atoms with Crippen molar-refractivity contribution in [2.45, 2.75) is 37.1 Å². The Labute approximate surface area is 116 Å². The normalized spacial score (nSPS) is 26.9. The van der Waals surface area contributed by atoms with Gasteiger partial charge in [0.15, 0.2) is 0 Å². The predicted octanol–water partition coefficient (Wildman–Crippen LogP) is 1.79. The molecular weight excluding hydrogens is 288 g/mol. The first-order valence-electron chi connectivity index (χ1n) is 6.36. The lowest BCUT2D eigenvalue weighted by Gasteiger charge is -2.29. The molecule has 0 bridgehead atoms. The van der Waals surface area contributed by atoms with Gasteiger partial charge in [0.1, 0.15) is 11.6 Å². The van der Waals surface area contributed by atoms with E-state index in [0.29, 0.717) is 18.9 Å². The maximum absolute atomic E-state index is 13.1. The van der Waals surface area contributed by atoms with Gasteiger partial charge < -0.3 is 5.11 Å². The fourth-order valence-electron chi connectivity index (χ4n) is 2.56. The fourth-order valence-corrected chi connectivity index (χ4v) is 4.01. The van der Waals surface area contributed by atoms with Crippen molar-refractivity contribution in [1.29, 1.82) is 0 Å². The van der Waals surface area contributed by atoms with Crippen molar-refractivity contribution in [2.75, 3.05) is 6.61 Å². The van der Waals surface area contributed by atoms with Gasteiger partial charge in [-0.25, -0.2) is 21.9 Å². The molecule has 1 aromatic rings. The number of rotatable bonds is 4. The molecule has 0 aromatic heterocycles. The van der Waals surface area contributed by atoms with Crippen LogP contribution < -0.4 is 4.72 Å². The Kier molecular flexibility index (Phi) is 4.13. The first kappa shape index (κ1) is 15.3. The molecule has 2 unspecified atom stereocenters. The molecule has 0 radical (unpaired) electrons. The van der Waals surface area contributed by atoms with Gasteiger partial charge in [0, 0.05) is 24.1 Å². The van der Waals surface area contributed by atoms with E-state index in [1.807, 2.05) is 0 Å². The third-order valence-electron chi connectivity index (χ3n) is 3.89. The van der Waals surface area contributed by atoms with E-state index in [0.717, 1.165) is 18.6 Å². The number of sulfonamides is 1. The summed E-state index contributed by atoms with van der Waals surface area (Å²) < 4.78 is 53.0. The molecule has 1 fully saturated rings. The van der Waals surface area contributed by atoms with Crippen molar-refractivity contribution >= 4 is 10.0 Å². The first-order chi connectivity index (χ1) is 9.27. The smallest absolute Gasteiger partial charge is 0.241 e. The second-order valence-electron chi connectivity index (χ2n) is 5.48. The molecule has 2 N–H and O–H groups in total. The Morgan fingerprint density at radius 1 is 1.35 bits per heavy atom. The summed E-state index contributed by atoms with van der Waals surface area (Å²) in [6.07, 6.45) is 2.09. The lowest BCUT2D eigenvalue weighted by molar-refractivity contribution is 0.127. The van der Waals surface area contributed by atoms with E-state index in [4.69, 9.17) is 0 Å². The molecule has 0 aliphatic heterocycles. The molecular formula is C13H17F2NO3S. The minimum atomic E-state index is -4.01. The highest BCUT2D eigenvalue weighted by Crippen LogP contribution is 2.38. The van der Waals surface area contributed by atoms with Gasteiger partial charge in [0.2, 0.25) is 10.0 Å². The van der Waals surface area contributed by atoms with Crippen LogP contribution in [0, 0.1) is 17.0 Å². The van der Waals surface area contributed by atoms with Crippen molar-refractivity contribution in [2.24, 2.45) is 5.41 Å². The van der Waals surface area contributed by atoms with Gasteiger partial charge in [0.05, 0.1) is 4.90 Å². The van der Waals surface area contributed by atoms with E-state index in [1.165, 1.54) is 0 Å². The molecule has 2 atom stereocenters. The summed E-state index contributed by atoms with van der Waals surface area (Å²) in [7, 11) is -4.01. The van der Waals surface area contributed by atoms with Crippen LogP contribution in [0.25, 0.3) is 0 Å². The van der Waals surface area contributed by atoms with E-state index in [1.54, 1.807) is 6.92 Å². The third-order valence-corrected chi connectivity index (χ3v) is 5.34. The zero-order valence-corrected chi connectivity index (χ0v) is 11.9. The van der Waals surface area contributed by atoms with Crippen molar-refractivity contribution in [3.8, 4) is 0 Å². The SMILES string of the molecule is CC1(CO)CCCC1NS(=O)(=O)c1cc(F)cc(F)c1. The molecule has 4 nitrogen and oxygen atoms in total. The van der Waals surface area contributed by atoms with Gasteiger partial charge in [-0.15, -0.1) is 0 Å². The van der Waals surface area contributed by atoms with Crippen LogP contribution in [0.3, 0.4) is 0 Å². The summed E-state index contributed by atoms with van der Waals surface area (Å²) in [5.74, 6) is -1.89. The van der Waals surface area contributed by atoms with Crippen LogP contribution in [0.5, 0.6) is 0 Å². The minimum absolute atomic E-state index is 0.141. The Morgan fingerprint density at radius 3 is 2.50 bits per heavy atom. The van der Waals surface area contributed by atoms with Crippen molar-refractivity contribution in [3.05, 3.63) is 29.8 Å². The van der Waals surface area contributed by atoms with Crippen LogP contribution in [0.4, 0.5) is 8.78 Å². The zero-order valence-electron chi connectivity index (χ0n) is 11.1. The van der Waals surface area contributed by atoms with E-state index in [9.17, 15) is 22.3 Å². The third kappa shape index (κ3) is 2.99. The van der Waals surface area contributed by atoms with Crippen LogP contribution in [0.2, 0.25) is 0 Å². The maximum atomic E-state index is 13.1. The van der Waals surface area contributed by atoms with E-state index >= 15 is 0 Å². The molecule has 0 saturated heterocycles. The number of hydrogen-bond donors (Lipinski definition) is 2. The fraction of sp³-hybridized carbons (Fsp3) is 0.538. The number of hydrogen-bond acceptors (Lipinski definition) is 3. The minimum Gasteiger partial charge on any atom is -0.396 e. The molecule has 20 heavy (non-hydrogen) atoms. The highest BCUT2D eigenvalue weighted by atomic mass is 32.2. The molecule has 1 aliphatic rings. The summed E-state index contributed by atoms with van der Waals surface area (Å²) in [6, 6.07) is 1.73. The Balaban J connectivity index is 2.27. The zero-order chi connectivity index (χ0) is 15.0. The summed E-state index contributed by atoms with van der Waals surface area (Å²) in [4.78, 5) is -0.442. The molecule has 1 aromatic carbocycles. The van der Waals surface area contributed by atoms with Gasteiger partial charge in [-0.2, -0.15) is 0 Å². The monoisotopic (exact) mass is 305 g/mol. The van der Waals surface area contributed by atoms with E-state index < -0.39 is 38.0 Å². The summed E-state index contributed by atoms with van der Waals surface area (Å²) >= 11 is 0. The van der Waals surface area contributed by atoms with Crippen molar-refractivity contribution in [3.63, 3.8) is 0 Å². The molecule has 112 valence electrons. The van der Waals surface area contributed by atoms with Gasteiger partial charge in [-0.05, 0) is 25.0 Å². The Bertz CT molecular complexity index is 585. The van der Waals surface area contributed by atoms with Gasteiger partial charge in [-0.1, -0.05) is 13.3 Å². The van der Waals surface area contributed by atoms with Gasteiger partial charge >= 0.3 is 0 Å². The number of aliphatic hydroxyl groups is 1. The van der Waals surface area contributed by atoms with Gasteiger partial charge in [0.25, 0.3) is 0 Å². The highest BCUT2D eigenvalue weighted by molar-refractivity contribution is 7.89. The average molecular weight is 305 g/mol. The number of aliphatic hydroxyl groups excluding tert-OH is 1. The van der Waals surface area contributed by atoms with Crippen LogP contribution in [-0.4, -0.2) is 26.2 Å². The lowest BCUT2D eigenvalue weighted by Crippen LogP contribution is -2.44. The van der Waals surface area contributed by atoms with E-state index in [-0.39, 0.29) is 6.61 Å². The van der Waals surface area contributed by atoms with Crippen molar-refractivity contribution < 1.29 is 22.3 Å². The second-order valence-corrected chi connectivity index (χ2v) is 7.20. The van der Waals surface area contributed by atoms with Gasteiger partial charge in [-0.3, -0.25) is 0 Å². The summed E-state index contributed by atoms with van der Waals surface area (Å²) in [6.45, 7) is 1.65. The molecule has 0 amide bonds. The molecule has 1 aliphatic carbocycles. The number of nitrogens with one attached hydrogen (secondary N) is 1. The van der Waals surface area contributed by atoms with Crippen LogP contribution in [0.15, 0.2) is 23.1 Å². The molecule has 2 rings (SSSR count). The Morgan fingerprint density at radius 2 is 1.95 bits per heavy atom. The highest BCUT2D eigenvalue weighted by Gasteiger charge is 2.40. The van der Waals surface area contributed by atoms with Crippen LogP contribution in [-0.2, 0) is 10.0 Å². The first-order valence-corrected chi connectivity index (χ1v) is 7.84. The molecule has 7 heteroatoms. The molecule has 0 heterocycles. The van der Waals surface area contributed by atoms with Crippen LogP contribution in [0.1, 0.15) is 26.2 Å². The summed E-state index contributed by atoms with van der Waals surface area (Å²) in [5.41, 5.74) is -0.543. The maximum Gasteiger partial charge on any atom is 0.241 e. The number of halogens is 2. The largest absolute Gasteiger partial charge is 0.396 e. The predicted molar refractivity (Wildman–Crippen MR) is 69.5 cm³/mol.